The molecule has 4 rings (SSSR count). The molecule has 0 bridgehead atoms. The van der Waals surface area contributed by atoms with Crippen molar-refractivity contribution in [3.05, 3.63) is 60.3 Å². The van der Waals surface area contributed by atoms with Crippen molar-refractivity contribution in [2.75, 3.05) is 16.8 Å². The second-order valence-corrected chi connectivity index (χ2v) is 6.19. The molecule has 1 aliphatic heterocycles. The number of carbonyl (C=O) groups excluding carboxylic acids is 2. The topological polar surface area (TPSA) is 93.0 Å². The summed E-state index contributed by atoms with van der Waals surface area (Å²) < 4.78 is 1.54. The number of rotatable bonds is 4. The molecule has 0 unspecified atom stereocenters. The maximum absolute atomic E-state index is 12.6. The van der Waals surface area contributed by atoms with Crippen LogP contribution in [0.5, 0.6) is 0 Å². The minimum absolute atomic E-state index is 0.101. The van der Waals surface area contributed by atoms with Crippen LogP contribution in [-0.2, 0) is 11.2 Å². The van der Waals surface area contributed by atoms with E-state index >= 15 is 0 Å². The minimum atomic E-state index is -0.214. The quantitative estimate of drug-likeness (QED) is 0.768. The van der Waals surface area contributed by atoms with E-state index in [0.29, 0.717) is 30.0 Å². The van der Waals surface area contributed by atoms with Crippen LogP contribution in [0, 0.1) is 0 Å². The molecule has 1 N–H and O–H groups in total. The van der Waals surface area contributed by atoms with Gasteiger partial charge in [-0.05, 0) is 42.3 Å². The van der Waals surface area contributed by atoms with Gasteiger partial charge in [-0.15, -0.1) is 0 Å². The summed E-state index contributed by atoms with van der Waals surface area (Å²) in [5, 5.41) is 6.85. The normalized spacial score (nSPS) is 12.7. The molecular formula is C19H18N6O2. The van der Waals surface area contributed by atoms with Gasteiger partial charge in [0.1, 0.15) is 12.7 Å². The van der Waals surface area contributed by atoms with Crippen LogP contribution in [0.15, 0.2) is 49.2 Å². The predicted molar refractivity (Wildman–Crippen MR) is 99.9 cm³/mol. The van der Waals surface area contributed by atoms with Gasteiger partial charge in [0.05, 0.1) is 11.9 Å². The average Bonchev–Trinajstić information content (AvgIpc) is 3.37. The Bertz CT molecular complexity index is 982. The average molecular weight is 362 g/mol. The van der Waals surface area contributed by atoms with Crippen molar-refractivity contribution in [1.82, 2.24) is 19.7 Å². The summed E-state index contributed by atoms with van der Waals surface area (Å²) in [5.41, 5.74) is 3.06. The lowest BCUT2D eigenvalue weighted by molar-refractivity contribution is -0.118. The molecule has 1 aliphatic rings. The maximum atomic E-state index is 12.6. The molecule has 2 amide bonds. The van der Waals surface area contributed by atoms with E-state index in [1.54, 1.807) is 35.6 Å². The Morgan fingerprint density at radius 2 is 2.11 bits per heavy atom. The number of nitrogens with one attached hydrogen (secondary N) is 1. The molecule has 0 radical (unpaired) electrons. The van der Waals surface area contributed by atoms with Crippen LogP contribution in [0.4, 0.5) is 11.4 Å². The standard InChI is InChI=1S/C19H18N6O2/c1-2-18(26)24-8-7-13-9-14(3-5-16(13)24)19(27)23-15-4-6-17(21-10-15)25-12-20-11-22-25/h3-6,9-12H,2,7-8H2,1H3,(H,23,27). The number of fused-ring (bicyclic) bond motifs is 1. The van der Waals surface area contributed by atoms with Gasteiger partial charge < -0.3 is 10.2 Å². The summed E-state index contributed by atoms with van der Waals surface area (Å²) in [6.45, 7) is 2.52. The summed E-state index contributed by atoms with van der Waals surface area (Å²) in [7, 11) is 0. The van der Waals surface area contributed by atoms with E-state index < -0.39 is 0 Å². The van der Waals surface area contributed by atoms with E-state index in [9.17, 15) is 9.59 Å². The SMILES string of the molecule is CCC(=O)N1CCc2cc(C(=O)Nc3ccc(-n4cncn4)nc3)ccc21. The number of benzene rings is 1. The summed E-state index contributed by atoms with van der Waals surface area (Å²) in [6.07, 6.45) is 5.79. The first-order valence-electron chi connectivity index (χ1n) is 8.71. The Morgan fingerprint density at radius 1 is 1.22 bits per heavy atom. The Morgan fingerprint density at radius 3 is 2.81 bits per heavy atom. The molecule has 0 atom stereocenters. The highest BCUT2D eigenvalue weighted by molar-refractivity contribution is 6.05. The zero-order valence-corrected chi connectivity index (χ0v) is 14.8. The molecule has 0 aliphatic carbocycles. The number of pyridine rings is 1. The van der Waals surface area contributed by atoms with Crippen LogP contribution in [0.3, 0.4) is 0 Å². The van der Waals surface area contributed by atoms with E-state index in [1.807, 2.05) is 19.1 Å². The third-order valence-corrected chi connectivity index (χ3v) is 4.50. The largest absolute Gasteiger partial charge is 0.321 e. The molecule has 0 saturated heterocycles. The fourth-order valence-electron chi connectivity index (χ4n) is 3.12. The summed E-state index contributed by atoms with van der Waals surface area (Å²) in [5.74, 6) is 0.501. The lowest BCUT2D eigenvalue weighted by atomic mass is 10.1. The summed E-state index contributed by atoms with van der Waals surface area (Å²) in [6, 6.07) is 8.95. The Kier molecular flexibility index (Phi) is 4.37. The molecule has 8 nitrogen and oxygen atoms in total. The van der Waals surface area contributed by atoms with E-state index in [-0.39, 0.29) is 11.8 Å². The van der Waals surface area contributed by atoms with Crippen molar-refractivity contribution in [2.45, 2.75) is 19.8 Å². The molecule has 1 aromatic carbocycles. The molecule has 0 spiro atoms. The first kappa shape index (κ1) is 16.9. The highest BCUT2D eigenvalue weighted by atomic mass is 16.2. The highest BCUT2D eigenvalue weighted by Crippen LogP contribution is 2.29. The van der Waals surface area contributed by atoms with Crippen molar-refractivity contribution >= 4 is 23.2 Å². The van der Waals surface area contributed by atoms with Crippen molar-refractivity contribution in [3.8, 4) is 5.82 Å². The Labute approximate surface area is 155 Å². The second-order valence-electron chi connectivity index (χ2n) is 6.19. The number of hydrogen-bond donors (Lipinski definition) is 1. The van der Waals surface area contributed by atoms with E-state index in [4.69, 9.17) is 0 Å². The lowest BCUT2D eigenvalue weighted by Crippen LogP contribution is -2.27. The molecule has 0 fully saturated rings. The lowest BCUT2D eigenvalue weighted by Gasteiger charge is -2.16. The van der Waals surface area contributed by atoms with Gasteiger partial charge in [-0.3, -0.25) is 9.59 Å². The number of amides is 2. The molecule has 27 heavy (non-hydrogen) atoms. The third-order valence-electron chi connectivity index (χ3n) is 4.50. The Hall–Kier alpha value is -3.55. The number of hydrogen-bond acceptors (Lipinski definition) is 5. The van der Waals surface area contributed by atoms with Crippen molar-refractivity contribution in [3.63, 3.8) is 0 Å². The minimum Gasteiger partial charge on any atom is -0.321 e. The van der Waals surface area contributed by atoms with Crippen LogP contribution in [0.1, 0.15) is 29.3 Å². The molecule has 2 aromatic heterocycles. The first-order chi connectivity index (χ1) is 13.2. The van der Waals surface area contributed by atoms with E-state index in [1.165, 1.54) is 11.0 Å². The van der Waals surface area contributed by atoms with Crippen LogP contribution in [-0.4, -0.2) is 38.1 Å². The van der Waals surface area contributed by atoms with Gasteiger partial charge in [-0.2, -0.15) is 5.10 Å². The van der Waals surface area contributed by atoms with E-state index in [2.05, 4.69) is 20.4 Å². The monoisotopic (exact) mass is 362 g/mol. The second kappa shape index (κ2) is 6.99. The molecule has 8 heteroatoms. The molecule has 0 saturated carbocycles. The van der Waals surface area contributed by atoms with Gasteiger partial charge in [0, 0.05) is 24.2 Å². The number of nitrogens with zero attached hydrogens (tertiary/aromatic N) is 5. The zero-order chi connectivity index (χ0) is 18.8. The van der Waals surface area contributed by atoms with Gasteiger partial charge in [-0.25, -0.2) is 14.6 Å². The number of aromatic nitrogens is 4. The van der Waals surface area contributed by atoms with Crippen LogP contribution >= 0.6 is 0 Å². The summed E-state index contributed by atoms with van der Waals surface area (Å²) >= 11 is 0. The predicted octanol–water partition coefficient (Wildman–Crippen LogP) is 2.21. The van der Waals surface area contributed by atoms with Gasteiger partial charge in [0.2, 0.25) is 5.91 Å². The number of carbonyl (C=O) groups is 2. The van der Waals surface area contributed by atoms with Gasteiger partial charge >= 0.3 is 0 Å². The molecule has 136 valence electrons. The van der Waals surface area contributed by atoms with Crippen LogP contribution in [0.2, 0.25) is 0 Å². The van der Waals surface area contributed by atoms with Crippen LogP contribution < -0.4 is 10.2 Å². The smallest absolute Gasteiger partial charge is 0.255 e. The van der Waals surface area contributed by atoms with Crippen molar-refractivity contribution in [1.29, 1.82) is 0 Å². The highest BCUT2D eigenvalue weighted by Gasteiger charge is 2.24. The fraction of sp³-hybridized carbons (Fsp3) is 0.211. The van der Waals surface area contributed by atoms with Crippen LogP contribution in [0.25, 0.3) is 5.82 Å². The van der Waals surface area contributed by atoms with E-state index in [0.717, 1.165) is 17.7 Å². The first-order valence-corrected chi connectivity index (χ1v) is 8.71. The zero-order valence-electron chi connectivity index (χ0n) is 14.8. The third kappa shape index (κ3) is 3.29. The van der Waals surface area contributed by atoms with Crippen molar-refractivity contribution < 1.29 is 9.59 Å². The number of anilines is 2. The molecule has 3 aromatic rings. The maximum Gasteiger partial charge on any atom is 0.255 e. The molecular weight excluding hydrogens is 344 g/mol. The van der Waals surface area contributed by atoms with Gasteiger partial charge in [-0.1, -0.05) is 6.92 Å². The van der Waals surface area contributed by atoms with Crippen molar-refractivity contribution in [2.24, 2.45) is 0 Å². The molecule has 3 heterocycles. The van der Waals surface area contributed by atoms with Gasteiger partial charge in [0.25, 0.3) is 5.91 Å². The fourth-order valence-corrected chi connectivity index (χ4v) is 3.12. The van der Waals surface area contributed by atoms with Gasteiger partial charge in [0.15, 0.2) is 5.82 Å². The Balaban J connectivity index is 1.48. The summed E-state index contributed by atoms with van der Waals surface area (Å²) in [4.78, 5) is 34.5.